The average molecular weight is 285 g/mol. The second-order valence-electron chi connectivity index (χ2n) is 4.80. The second kappa shape index (κ2) is 7.57. The lowest BCUT2D eigenvalue weighted by atomic mass is 10.0. The van der Waals surface area contributed by atoms with Crippen molar-refractivity contribution in [2.45, 2.75) is 18.6 Å². The molecule has 0 spiro atoms. The molecule has 3 N–H and O–H groups in total. The molecule has 0 aliphatic carbocycles. The Morgan fingerprint density at radius 1 is 0.952 bits per heavy atom. The number of carbonyl (C=O) groups is 1. The van der Waals surface area contributed by atoms with Crippen LogP contribution in [0.3, 0.4) is 0 Å². The highest BCUT2D eigenvalue weighted by molar-refractivity contribution is 5.82. The quantitative estimate of drug-likeness (QED) is 0.760. The van der Waals surface area contributed by atoms with E-state index in [0.29, 0.717) is 12.0 Å². The zero-order valence-corrected chi connectivity index (χ0v) is 11.6. The van der Waals surface area contributed by atoms with E-state index in [-0.39, 0.29) is 12.6 Å². The first-order chi connectivity index (χ1) is 10.2. The number of hydrogen-bond acceptors (Lipinski definition) is 3. The summed E-state index contributed by atoms with van der Waals surface area (Å²) in [7, 11) is 0. The SMILES string of the molecule is O=C(NC(CCO)c1ccccc1)[C@@H](O)c1ccccc1. The van der Waals surface area contributed by atoms with Gasteiger partial charge in [-0.1, -0.05) is 60.7 Å². The van der Waals surface area contributed by atoms with E-state index in [1.165, 1.54) is 0 Å². The summed E-state index contributed by atoms with van der Waals surface area (Å²) in [5.41, 5.74) is 1.45. The van der Waals surface area contributed by atoms with Crippen LogP contribution < -0.4 is 5.32 Å². The van der Waals surface area contributed by atoms with Gasteiger partial charge in [0.05, 0.1) is 6.04 Å². The monoisotopic (exact) mass is 285 g/mol. The van der Waals surface area contributed by atoms with Crippen LogP contribution in [0.15, 0.2) is 60.7 Å². The van der Waals surface area contributed by atoms with Gasteiger partial charge in [0.2, 0.25) is 0 Å². The van der Waals surface area contributed by atoms with Gasteiger partial charge in [0, 0.05) is 6.61 Å². The van der Waals surface area contributed by atoms with E-state index in [1.54, 1.807) is 24.3 Å². The van der Waals surface area contributed by atoms with Crippen molar-refractivity contribution in [2.75, 3.05) is 6.61 Å². The van der Waals surface area contributed by atoms with Gasteiger partial charge in [0.25, 0.3) is 5.91 Å². The van der Waals surface area contributed by atoms with E-state index in [0.717, 1.165) is 5.56 Å². The van der Waals surface area contributed by atoms with E-state index in [1.807, 2.05) is 36.4 Å². The standard InChI is InChI=1S/C17H19NO3/c19-12-11-15(13-7-3-1-4-8-13)18-17(21)16(20)14-9-5-2-6-10-14/h1-10,15-16,19-20H,11-12H2,(H,18,21)/t15?,16-/m0/s1. The molecule has 2 rings (SSSR count). The van der Waals surface area contributed by atoms with Crippen LogP contribution in [0.4, 0.5) is 0 Å². The lowest BCUT2D eigenvalue weighted by Crippen LogP contribution is -2.33. The van der Waals surface area contributed by atoms with Crippen LogP contribution >= 0.6 is 0 Å². The fraction of sp³-hybridized carbons (Fsp3) is 0.235. The topological polar surface area (TPSA) is 69.6 Å². The molecule has 110 valence electrons. The maximum absolute atomic E-state index is 12.2. The highest BCUT2D eigenvalue weighted by Crippen LogP contribution is 2.19. The van der Waals surface area contributed by atoms with E-state index in [2.05, 4.69) is 5.32 Å². The molecule has 2 aromatic carbocycles. The Bertz CT molecular complexity index is 557. The number of hydrogen-bond donors (Lipinski definition) is 3. The lowest BCUT2D eigenvalue weighted by molar-refractivity contribution is -0.130. The highest BCUT2D eigenvalue weighted by Gasteiger charge is 2.21. The molecule has 1 unspecified atom stereocenters. The first-order valence-electron chi connectivity index (χ1n) is 6.91. The van der Waals surface area contributed by atoms with Gasteiger partial charge in [-0.2, -0.15) is 0 Å². The van der Waals surface area contributed by atoms with Gasteiger partial charge in [-0.3, -0.25) is 4.79 Å². The van der Waals surface area contributed by atoms with E-state index >= 15 is 0 Å². The fourth-order valence-electron chi connectivity index (χ4n) is 2.17. The third kappa shape index (κ3) is 4.15. The summed E-state index contributed by atoms with van der Waals surface area (Å²) in [6.45, 7) is -0.0404. The molecular weight excluding hydrogens is 266 g/mol. The Hall–Kier alpha value is -2.17. The van der Waals surface area contributed by atoms with E-state index in [9.17, 15) is 9.90 Å². The Kier molecular flexibility index (Phi) is 5.49. The third-order valence-corrected chi connectivity index (χ3v) is 3.30. The van der Waals surface area contributed by atoms with Gasteiger partial charge < -0.3 is 15.5 Å². The number of aliphatic hydroxyl groups excluding tert-OH is 2. The predicted molar refractivity (Wildman–Crippen MR) is 80.4 cm³/mol. The molecule has 2 atom stereocenters. The minimum atomic E-state index is -1.21. The van der Waals surface area contributed by atoms with Crippen molar-refractivity contribution >= 4 is 5.91 Å². The van der Waals surface area contributed by atoms with E-state index < -0.39 is 12.0 Å². The second-order valence-corrected chi connectivity index (χ2v) is 4.80. The number of benzene rings is 2. The molecule has 0 saturated carbocycles. The van der Waals surface area contributed by atoms with Crippen molar-refractivity contribution in [3.05, 3.63) is 71.8 Å². The molecule has 0 bridgehead atoms. The Labute approximate surface area is 124 Å². The molecule has 0 fully saturated rings. The number of nitrogens with one attached hydrogen (secondary N) is 1. The Morgan fingerprint density at radius 2 is 1.48 bits per heavy atom. The van der Waals surface area contributed by atoms with Crippen molar-refractivity contribution in [2.24, 2.45) is 0 Å². The minimum absolute atomic E-state index is 0.0404. The minimum Gasteiger partial charge on any atom is -0.396 e. The van der Waals surface area contributed by atoms with Gasteiger partial charge in [-0.15, -0.1) is 0 Å². The molecule has 4 nitrogen and oxygen atoms in total. The van der Waals surface area contributed by atoms with Crippen LogP contribution in [0.5, 0.6) is 0 Å². The van der Waals surface area contributed by atoms with Gasteiger partial charge >= 0.3 is 0 Å². The molecular formula is C17H19NO3. The maximum atomic E-state index is 12.2. The summed E-state index contributed by atoms with van der Waals surface area (Å²) in [6, 6.07) is 17.9. The molecule has 0 aromatic heterocycles. The Morgan fingerprint density at radius 3 is 2.00 bits per heavy atom. The van der Waals surface area contributed by atoms with Gasteiger partial charge in [0.15, 0.2) is 6.10 Å². The molecule has 0 saturated heterocycles. The summed E-state index contributed by atoms with van der Waals surface area (Å²) in [5.74, 6) is -0.469. The van der Waals surface area contributed by atoms with Crippen molar-refractivity contribution in [1.29, 1.82) is 0 Å². The molecule has 0 radical (unpaired) electrons. The molecule has 1 amide bonds. The average Bonchev–Trinajstić information content (AvgIpc) is 2.55. The molecule has 21 heavy (non-hydrogen) atoms. The van der Waals surface area contributed by atoms with Gasteiger partial charge in [0.1, 0.15) is 0 Å². The van der Waals surface area contributed by atoms with Crippen molar-refractivity contribution < 1.29 is 15.0 Å². The van der Waals surface area contributed by atoms with Crippen molar-refractivity contribution in [1.82, 2.24) is 5.32 Å². The lowest BCUT2D eigenvalue weighted by Gasteiger charge is -2.20. The first-order valence-corrected chi connectivity index (χ1v) is 6.91. The van der Waals surface area contributed by atoms with Gasteiger partial charge in [-0.05, 0) is 17.5 Å². The number of carbonyl (C=O) groups excluding carboxylic acids is 1. The highest BCUT2D eigenvalue weighted by atomic mass is 16.3. The number of rotatable bonds is 6. The molecule has 0 aliphatic heterocycles. The summed E-state index contributed by atoms with van der Waals surface area (Å²) >= 11 is 0. The van der Waals surface area contributed by atoms with Crippen molar-refractivity contribution in [3.63, 3.8) is 0 Å². The van der Waals surface area contributed by atoms with Crippen LogP contribution in [-0.2, 0) is 4.79 Å². The summed E-state index contributed by atoms with van der Waals surface area (Å²) in [5, 5.41) is 22.0. The third-order valence-electron chi connectivity index (χ3n) is 3.30. The zero-order valence-electron chi connectivity index (χ0n) is 11.6. The Balaban J connectivity index is 2.08. The summed E-state index contributed by atoms with van der Waals surface area (Å²) < 4.78 is 0. The smallest absolute Gasteiger partial charge is 0.253 e. The molecule has 0 heterocycles. The molecule has 2 aromatic rings. The number of aliphatic hydroxyl groups is 2. The number of amides is 1. The zero-order chi connectivity index (χ0) is 15.1. The fourth-order valence-corrected chi connectivity index (χ4v) is 2.17. The normalized spacial score (nSPS) is 13.4. The largest absolute Gasteiger partial charge is 0.396 e. The van der Waals surface area contributed by atoms with Crippen LogP contribution in [0.25, 0.3) is 0 Å². The summed E-state index contributed by atoms with van der Waals surface area (Å²) in [4.78, 5) is 12.2. The molecule has 4 heteroatoms. The maximum Gasteiger partial charge on any atom is 0.253 e. The van der Waals surface area contributed by atoms with Crippen molar-refractivity contribution in [3.8, 4) is 0 Å². The summed E-state index contributed by atoms with van der Waals surface area (Å²) in [6.07, 6.45) is -0.812. The van der Waals surface area contributed by atoms with Crippen LogP contribution in [0.1, 0.15) is 29.7 Å². The molecule has 0 aliphatic rings. The van der Waals surface area contributed by atoms with Crippen LogP contribution in [-0.4, -0.2) is 22.7 Å². The van der Waals surface area contributed by atoms with E-state index in [4.69, 9.17) is 5.11 Å². The predicted octanol–water partition coefficient (Wildman–Crippen LogP) is 1.96. The first kappa shape index (κ1) is 15.2. The van der Waals surface area contributed by atoms with Gasteiger partial charge in [-0.25, -0.2) is 0 Å². The van der Waals surface area contributed by atoms with Crippen LogP contribution in [0, 0.1) is 0 Å². The van der Waals surface area contributed by atoms with Crippen LogP contribution in [0.2, 0.25) is 0 Å².